The first-order valence-electron chi connectivity index (χ1n) is 13.6. The highest BCUT2D eigenvalue weighted by atomic mass is 32.2. The number of halogens is 1. The van der Waals surface area contributed by atoms with Crippen LogP contribution in [0.25, 0.3) is 0 Å². The van der Waals surface area contributed by atoms with E-state index in [0.717, 1.165) is 7.11 Å². The lowest BCUT2D eigenvalue weighted by atomic mass is 9.97. The van der Waals surface area contributed by atoms with E-state index in [4.69, 9.17) is 10.3 Å². The van der Waals surface area contributed by atoms with Gasteiger partial charge in [0.1, 0.15) is 5.82 Å². The van der Waals surface area contributed by atoms with E-state index in [9.17, 15) is 36.7 Å². The molecule has 0 saturated heterocycles. The molecular formula is C27H40FN4O9PS. The minimum absolute atomic E-state index is 0.0319. The van der Waals surface area contributed by atoms with Crippen LogP contribution in [0.5, 0.6) is 0 Å². The summed E-state index contributed by atoms with van der Waals surface area (Å²) in [7, 11) is -7.85. The first kappa shape index (κ1) is 36.1. The van der Waals surface area contributed by atoms with Crippen molar-refractivity contribution in [1.29, 1.82) is 0 Å². The van der Waals surface area contributed by atoms with Crippen molar-refractivity contribution in [3.63, 3.8) is 0 Å². The monoisotopic (exact) mass is 646 g/mol. The van der Waals surface area contributed by atoms with Crippen molar-refractivity contribution in [2.75, 3.05) is 39.1 Å². The molecule has 2 amide bonds. The van der Waals surface area contributed by atoms with E-state index < -0.39 is 54.2 Å². The van der Waals surface area contributed by atoms with E-state index in [1.165, 1.54) is 46.8 Å². The number of anilines is 1. The highest BCUT2D eigenvalue weighted by Crippen LogP contribution is 2.37. The molecule has 43 heavy (non-hydrogen) atoms. The molecular weight excluding hydrogens is 606 g/mol. The van der Waals surface area contributed by atoms with Gasteiger partial charge in [0.2, 0.25) is 15.9 Å². The molecule has 13 nitrogen and oxygen atoms in total. The van der Waals surface area contributed by atoms with Gasteiger partial charge in [-0.05, 0) is 49.1 Å². The second-order valence-corrected chi connectivity index (χ2v) is 13.3. The average molecular weight is 647 g/mol. The van der Waals surface area contributed by atoms with Crippen LogP contribution in [0, 0.1) is 11.7 Å². The maximum absolute atomic E-state index is 14.4. The lowest BCUT2D eigenvalue weighted by molar-refractivity contribution is -0.122. The van der Waals surface area contributed by atoms with Gasteiger partial charge >= 0.3 is 13.9 Å². The molecule has 2 rings (SSSR count). The second-order valence-electron chi connectivity index (χ2n) is 10.2. The van der Waals surface area contributed by atoms with Crippen LogP contribution in [-0.4, -0.2) is 73.9 Å². The standard InChI is InChI=1S/C27H40FN4O9PS/c1-19(2)17-32(43(38,39)22-13-11-20(29)12-14-22)21(18-41-42(35,36)37)8-6-7-15-30-26(33)24(16-31-27(34)40-3)23-9-4-5-10-25(23)28/h4-5,9-14,19,21,24H,6-8,15-18,29H2,1-3H3,(H,30,33)(H,31,34)(H2,35,36,37)/t21?,24-/m1/s1. The number of sulfonamides is 1. The molecule has 0 bridgehead atoms. The van der Waals surface area contributed by atoms with Crippen LogP contribution in [0.1, 0.15) is 44.6 Å². The SMILES string of the molecule is COC(=O)NC[C@@H](C(=O)NCCCCC(COP(=O)(O)O)N(CC(C)C)S(=O)(=O)c1ccc(N)cc1)c1ccccc1F. The summed E-state index contributed by atoms with van der Waals surface area (Å²) in [5.74, 6) is -2.34. The fourth-order valence-electron chi connectivity index (χ4n) is 4.27. The van der Waals surface area contributed by atoms with Crippen molar-refractivity contribution in [3.8, 4) is 0 Å². The molecule has 0 heterocycles. The van der Waals surface area contributed by atoms with Crippen molar-refractivity contribution >= 4 is 35.5 Å². The zero-order chi connectivity index (χ0) is 32.2. The summed E-state index contributed by atoms with van der Waals surface area (Å²) in [6.45, 7) is 3.02. The summed E-state index contributed by atoms with van der Waals surface area (Å²) in [6.07, 6.45) is 0.0608. The smallest absolute Gasteiger partial charge is 0.453 e. The zero-order valence-corrected chi connectivity index (χ0v) is 26.0. The van der Waals surface area contributed by atoms with Gasteiger partial charge in [-0.2, -0.15) is 4.31 Å². The number of nitrogens with one attached hydrogen (secondary N) is 2. The Kier molecular flexibility index (Phi) is 14.0. The minimum Gasteiger partial charge on any atom is -0.453 e. The number of alkyl carbamates (subject to hydrolysis) is 1. The van der Waals surface area contributed by atoms with Gasteiger partial charge in [-0.25, -0.2) is 22.2 Å². The summed E-state index contributed by atoms with van der Waals surface area (Å²) >= 11 is 0. The number of unbranched alkanes of at least 4 members (excludes halogenated alkanes) is 1. The lowest BCUT2D eigenvalue weighted by Crippen LogP contribution is -2.45. The van der Waals surface area contributed by atoms with Gasteiger partial charge in [-0.15, -0.1) is 0 Å². The Morgan fingerprint density at radius 3 is 2.30 bits per heavy atom. The molecule has 2 atom stereocenters. The number of phosphoric ester groups is 1. The number of ether oxygens (including phenoxy) is 1. The molecule has 0 aliphatic carbocycles. The van der Waals surface area contributed by atoms with E-state index >= 15 is 0 Å². The molecule has 0 saturated carbocycles. The normalized spacial score (nSPS) is 13.5. The summed E-state index contributed by atoms with van der Waals surface area (Å²) in [5.41, 5.74) is 6.16. The van der Waals surface area contributed by atoms with Gasteiger partial charge in [0.05, 0.1) is 24.5 Å². The molecule has 1 unspecified atom stereocenters. The molecule has 16 heteroatoms. The van der Waals surface area contributed by atoms with Crippen molar-refractivity contribution in [1.82, 2.24) is 14.9 Å². The van der Waals surface area contributed by atoms with Gasteiger partial charge in [-0.1, -0.05) is 38.5 Å². The highest BCUT2D eigenvalue weighted by molar-refractivity contribution is 7.89. The molecule has 0 aliphatic heterocycles. The number of amides is 2. The fraction of sp³-hybridized carbons (Fsp3) is 0.481. The van der Waals surface area contributed by atoms with Crippen LogP contribution >= 0.6 is 7.82 Å². The molecule has 6 N–H and O–H groups in total. The number of nitrogens with two attached hydrogens (primary N) is 1. The van der Waals surface area contributed by atoms with Crippen molar-refractivity contribution < 1.29 is 46.0 Å². The Balaban J connectivity index is 2.15. The van der Waals surface area contributed by atoms with Gasteiger partial charge < -0.3 is 30.9 Å². The number of carbonyl (C=O) groups is 2. The summed E-state index contributed by atoms with van der Waals surface area (Å²) < 4.78 is 63.6. The number of methoxy groups -OCH3 is 1. The van der Waals surface area contributed by atoms with Crippen LogP contribution in [0.4, 0.5) is 14.9 Å². The molecule has 0 aromatic heterocycles. The van der Waals surface area contributed by atoms with Crippen LogP contribution in [0.3, 0.4) is 0 Å². The predicted octanol–water partition coefficient (Wildman–Crippen LogP) is 2.96. The quantitative estimate of drug-likeness (QED) is 0.0968. The minimum atomic E-state index is -4.91. The third-order valence-corrected chi connectivity index (χ3v) is 8.79. The first-order chi connectivity index (χ1) is 20.2. The van der Waals surface area contributed by atoms with Crippen LogP contribution in [0.2, 0.25) is 0 Å². The Morgan fingerprint density at radius 1 is 1.07 bits per heavy atom. The number of carbonyl (C=O) groups excluding carboxylic acids is 2. The van der Waals surface area contributed by atoms with Crippen molar-refractivity contribution in [2.45, 2.75) is 50.0 Å². The summed E-state index contributed by atoms with van der Waals surface area (Å²) in [6, 6.07) is 10.3. The van der Waals surface area contributed by atoms with E-state index in [2.05, 4.69) is 15.4 Å². The van der Waals surface area contributed by atoms with Crippen LogP contribution in [0.15, 0.2) is 53.4 Å². The molecule has 2 aromatic rings. The van der Waals surface area contributed by atoms with E-state index in [1.807, 2.05) is 13.8 Å². The number of benzene rings is 2. The van der Waals surface area contributed by atoms with E-state index in [0.29, 0.717) is 18.5 Å². The topological polar surface area (TPSA) is 198 Å². The molecule has 240 valence electrons. The number of rotatable bonds is 17. The second kappa shape index (κ2) is 16.7. The molecule has 0 fully saturated rings. The van der Waals surface area contributed by atoms with Gasteiger partial charge in [0.25, 0.3) is 0 Å². The molecule has 0 radical (unpaired) electrons. The molecule has 0 aliphatic rings. The van der Waals surface area contributed by atoms with E-state index in [-0.39, 0.29) is 42.4 Å². The first-order valence-corrected chi connectivity index (χ1v) is 16.5. The predicted molar refractivity (Wildman–Crippen MR) is 158 cm³/mol. The third-order valence-electron chi connectivity index (χ3n) is 6.37. The summed E-state index contributed by atoms with van der Waals surface area (Å²) in [4.78, 5) is 43.1. The molecule has 2 aromatic carbocycles. The Bertz CT molecular complexity index is 1360. The number of nitrogens with zero attached hydrogens (tertiary/aromatic N) is 1. The Morgan fingerprint density at radius 2 is 1.72 bits per heavy atom. The third kappa shape index (κ3) is 11.9. The largest absolute Gasteiger partial charge is 0.469 e. The number of hydrogen-bond donors (Lipinski definition) is 5. The lowest BCUT2D eigenvalue weighted by Gasteiger charge is -2.32. The zero-order valence-electron chi connectivity index (χ0n) is 24.3. The van der Waals surface area contributed by atoms with Gasteiger partial charge in [0, 0.05) is 36.9 Å². The number of hydrogen-bond acceptors (Lipinski definition) is 8. The number of nitrogen functional groups attached to an aromatic ring is 1. The highest BCUT2D eigenvalue weighted by Gasteiger charge is 2.33. The van der Waals surface area contributed by atoms with Gasteiger partial charge in [-0.3, -0.25) is 9.32 Å². The van der Waals surface area contributed by atoms with Crippen molar-refractivity contribution in [3.05, 3.63) is 59.9 Å². The maximum atomic E-state index is 14.4. The summed E-state index contributed by atoms with van der Waals surface area (Å²) in [5, 5.41) is 5.11. The maximum Gasteiger partial charge on any atom is 0.469 e. The number of phosphoric acid groups is 1. The average Bonchev–Trinajstić information content (AvgIpc) is 2.93. The van der Waals surface area contributed by atoms with Crippen LogP contribution < -0.4 is 16.4 Å². The van der Waals surface area contributed by atoms with Crippen LogP contribution in [-0.2, 0) is 28.6 Å². The van der Waals surface area contributed by atoms with E-state index in [1.54, 1.807) is 6.07 Å². The Hall–Kier alpha value is -3.07. The van der Waals surface area contributed by atoms with Crippen molar-refractivity contribution in [2.24, 2.45) is 5.92 Å². The molecule has 0 spiro atoms. The fourth-order valence-corrected chi connectivity index (χ4v) is 6.44. The Labute approximate surface area is 251 Å². The van der Waals surface area contributed by atoms with Gasteiger partial charge in [0.15, 0.2) is 0 Å².